The summed E-state index contributed by atoms with van der Waals surface area (Å²) in [4.78, 5) is 4.35. The molecule has 1 aliphatic carbocycles. The van der Waals surface area contributed by atoms with Crippen molar-refractivity contribution in [2.24, 2.45) is 5.92 Å². The number of aromatic nitrogens is 1. The third-order valence-corrected chi connectivity index (χ3v) is 6.49. The van der Waals surface area contributed by atoms with Crippen LogP contribution in [0.15, 0.2) is 5.38 Å². The molecule has 0 spiro atoms. The second kappa shape index (κ2) is 5.89. The maximum absolute atomic E-state index is 11.6. The molecule has 108 valence electrons. The summed E-state index contributed by atoms with van der Waals surface area (Å²) < 4.78 is 23.2. The number of aliphatic hydroxyl groups is 1. The van der Waals surface area contributed by atoms with Gasteiger partial charge < -0.3 is 5.11 Å². The summed E-state index contributed by atoms with van der Waals surface area (Å²) in [6.07, 6.45) is 4.49. The van der Waals surface area contributed by atoms with E-state index in [-0.39, 0.29) is 11.2 Å². The van der Waals surface area contributed by atoms with Gasteiger partial charge in [-0.05, 0) is 32.1 Å². The molecule has 6 heteroatoms. The number of aryl methyl sites for hydroxylation is 1. The van der Waals surface area contributed by atoms with Crippen LogP contribution in [-0.2, 0) is 16.3 Å². The van der Waals surface area contributed by atoms with Crippen molar-refractivity contribution in [2.75, 3.05) is 6.26 Å². The minimum Gasteiger partial charge on any atom is -0.392 e. The second-order valence-electron chi connectivity index (χ2n) is 5.53. The van der Waals surface area contributed by atoms with Crippen molar-refractivity contribution < 1.29 is 13.5 Å². The molecular weight excluding hydrogens is 282 g/mol. The number of hydrogen-bond donors (Lipinski definition) is 1. The average molecular weight is 303 g/mol. The Balaban J connectivity index is 1.97. The van der Waals surface area contributed by atoms with Gasteiger partial charge in [-0.25, -0.2) is 13.4 Å². The minimum atomic E-state index is -2.99. The molecule has 0 bridgehead atoms. The first-order chi connectivity index (χ1) is 8.86. The summed E-state index contributed by atoms with van der Waals surface area (Å²) in [6, 6.07) is 0. The molecule has 3 unspecified atom stereocenters. The summed E-state index contributed by atoms with van der Waals surface area (Å²) in [7, 11) is -2.99. The highest BCUT2D eigenvalue weighted by atomic mass is 32.2. The molecule has 3 atom stereocenters. The topological polar surface area (TPSA) is 67.3 Å². The number of hydrogen-bond acceptors (Lipinski definition) is 5. The average Bonchev–Trinajstić information content (AvgIpc) is 2.74. The lowest BCUT2D eigenvalue weighted by atomic mass is 9.84. The first-order valence-electron chi connectivity index (χ1n) is 6.64. The van der Waals surface area contributed by atoms with Crippen molar-refractivity contribution in [2.45, 2.75) is 50.4 Å². The van der Waals surface area contributed by atoms with E-state index >= 15 is 0 Å². The van der Waals surface area contributed by atoms with E-state index < -0.39 is 15.9 Å². The summed E-state index contributed by atoms with van der Waals surface area (Å²) >= 11 is 1.56. The van der Waals surface area contributed by atoms with Crippen LogP contribution in [0.25, 0.3) is 0 Å². The lowest BCUT2D eigenvalue weighted by Gasteiger charge is -2.31. The zero-order valence-corrected chi connectivity index (χ0v) is 13.0. The molecular formula is C13H21NO3S2. The highest BCUT2D eigenvalue weighted by Crippen LogP contribution is 2.32. The lowest BCUT2D eigenvalue weighted by Crippen LogP contribution is -2.34. The van der Waals surface area contributed by atoms with Crippen molar-refractivity contribution in [3.8, 4) is 0 Å². The van der Waals surface area contributed by atoms with E-state index in [1.165, 1.54) is 6.26 Å². The van der Waals surface area contributed by atoms with Gasteiger partial charge in [0.15, 0.2) is 0 Å². The van der Waals surface area contributed by atoms with E-state index in [0.29, 0.717) is 12.8 Å². The van der Waals surface area contributed by atoms with E-state index in [1.807, 2.05) is 12.3 Å². The Morgan fingerprint density at radius 2 is 2.26 bits per heavy atom. The summed E-state index contributed by atoms with van der Waals surface area (Å²) in [6.45, 7) is 1.94. The van der Waals surface area contributed by atoms with Crippen LogP contribution in [0.3, 0.4) is 0 Å². The van der Waals surface area contributed by atoms with Gasteiger partial charge in [-0.2, -0.15) is 0 Å². The molecule has 1 aliphatic rings. The van der Waals surface area contributed by atoms with Gasteiger partial charge in [0, 0.05) is 23.8 Å². The quantitative estimate of drug-likeness (QED) is 0.923. The Hall–Kier alpha value is -0.460. The van der Waals surface area contributed by atoms with Crippen LogP contribution in [-0.4, -0.2) is 36.1 Å². The molecule has 1 N–H and O–H groups in total. The monoisotopic (exact) mass is 303 g/mol. The molecule has 0 aliphatic heterocycles. The SMILES string of the molecule is Cc1csc(CC(O)C2CCCC(S(C)(=O)=O)C2)n1. The first kappa shape index (κ1) is 14.9. The van der Waals surface area contributed by atoms with Gasteiger partial charge in [0.1, 0.15) is 9.84 Å². The third kappa shape index (κ3) is 4.00. The third-order valence-electron chi connectivity index (χ3n) is 3.87. The molecule has 1 aromatic rings. The normalized spacial score (nSPS) is 26.3. The fourth-order valence-corrected chi connectivity index (χ4v) is 4.78. The Morgan fingerprint density at radius 1 is 1.53 bits per heavy atom. The predicted octanol–water partition coefficient (Wildman–Crippen LogP) is 1.96. The van der Waals surface area contributed by atoms with Gasteiger partial charge in [0.05, 0.1) is 16.4 Å². The maximum atomic E-state index is 11.6. The van der Waals surface area contributed by atoms with Crippen LogP contribution >= 0.6 is 11.3 Å². The Bertz CT molecular complexity index is 524. The van der Waals surface area contributed by atoms with Crippen LogP contribution in [0, 0.1) is 12.8 Å². The van der Waals surface area contributed by atoms with Crippen LogP contribution in [0.5, 0.6) is 0 Å². The zero-order valence-electron chi connectivity index (χ0n) is 11.4. The van der Waals surface area contributed by atoms with E-state index in [4.69, 9.17) is 0 Å². The Morgan fingerprint density at radius 3 is 2.84 bits per heavy atom. The zero-order chi connectivity index (χ0) is 14.0. The molecule has 1 fully saturated rings. The van der Waals surface area contributed by atoms with E-state index in [2.05, 4.69) is 4.98 Å². The van der Waals surface area contributed by atoms with Gasteiger partial charge in [-0.15, -0.1) is 11.3 Å². The Kier molecular flexibility index (Phi) is 4.63. The smallest absolute Gasteiger partial charge is 0.150 e. The van der Waals surface area contributed by atoms with Gasteiger partial charge in [0.25, 0.3) is 0 Å². The van der Waals surface area contributed by atoms with Gasteiger partial charge in [0.2, 0.25) is 0 Å². The van der Waals surface area contributed by atoms with Gasteiger partial charge in [-0.1, -0.05) is 6.42 Å². The number of thiazole rings is 1. The minimum absolute atomic E-state index is 0.0812. The van der Waals surface area contributed by atoms with Crippen LogP contribution in [0.4, 0.5) is 0 Å². The van der Waals surface area contributed by atoms with Crippen molar-refractivity contribution in [1.82, 2.24) is 4.98 Å². The standard InChI is InChI=1S/C13H21NO3S2/c1-9-8-18-13(14-9)7-12(15)10-4-3-5-11(6-10)19(2,16)17/h8,10-12,15H,3-7H2,1-2H3. The fourth-order valence-electron chi connectivity index (χ4n) is 2.76. The Labute approximate surface area is 118 Å². The van der Waals surface area contributed by atoms with Gasteiger partial charge >= 0.3 is 0 Å². The van der Waals surface area contributed by atoms with Gasteiger partial charge in [-0.3, -0.25) is 0 Å². The number of sulfone groups is 1. The molecule has 0 aromatic carbocycles. The van der Waals surface area contributed by atoms with Crippen molar-refractivity contribution >= 4 is 21.2 Å². The highest BCUT2D eigenvalue weighted by Gasteiger charge is 2.32. The second-order valence-corrected chi connectivity index (χ2v) is 8.80. The van der Waals surface area contributed by atoms with Crippen LogP contribution in [0.2, 0.25) is 0 Å². The lowest BCUT2D eigenvalue weighted by molar-refractivity contribution is 0.0859. The van der Waals surface area contributed by atoms with Crippen LogP contribution in [0.1, 0.15) is 36.4 Å². The number of aliphatic hydroxyl groups excluding tert-OH is 1. The highest BCUT2D eigenvalue weighted by molar-refractivity contribution is 7.91. The summed E-state index contributed by atoms with van der Waals surface area (Å²) in [5, 5.41) is 12.9. The molecule has 19 heavy (non-hydrogen) atoms. The molecule has 0 amide bonds. The number of rotatable bonds is 4. The summed E-state index contributed by atoms with van der Waals surface area (Å²) in [5.74, 6) is 0.0812. The van der Waals surface area contributed by atoms with Crippen LogP contribution < -0.4 is 0 Å². The maximum Gasteiger partial charge on any atom is 0.150 e. The molecule has 1 aromatic heterocycles. The van der Waals surface area contributed by atoms with E-state index in [0.717, 1.165) is 30.0 Å². The van der Waals surface area contributed by atoms with Crippen molar-refractivity contribution in [3.05, 3.63) is 16.1 Å². The largest absolute Gasteiger partial charge is 0.392 e. The van der Waals surface area contributed by atoms with E-state index in [1.54, 1.807) is 11.3 Å². The van der Waals surface area contributed by atoms with Crippen molar-refractivity contribution in [1.29, 1.82) is 0 Å². The fraction of sp³-hybridized carbons (Fsp3) is 0.769. The molecule has 0 saturated heterocycles. The molecule has 2 rings (SSSR count). The van der Waals surface area contributed by atoms with E-state index in [9.17, 15) is 13.5 Å². The predicted molar refractivity (Wildman–Crippen MR) is 77.2 cm³/mol. The number of nitrogens with zero attached hydrogens (tertiary/aromatic N) is 1. The first-order valence-corrected chi connectivity index (χ1v) is 9.47. The summed E-state index contributed by atoms with van der Waals surface area (Å²) in [5.41, 5.74) is 0.977. The molecule has 1 heterocycles. The molecule has 1 saturated carbocycles. The van der Waals surface area contributed by atoms with Crippen molar-refractivity contribution in [3.63, 3.8) is 0 Å². The molecule has 4 nitrogen and oxygen atoms in total. The molecule has 0 radical (unpaired) electrons.